The van der Waals surface area contributed by atoms with Crippen LogP contribution in [0.3, 0.4) is 0 Å². The molecule has 2 aromatic rings. The van der Waals surface area contributed by atoms with Gasteiger partial charge in [-0.15, -0.1) is 0 Å². The number of carbonyl (C=O) groups excluding carboxylic acids is 1. The van der Waals surface area contributed by atoms with Crippen LogP contribution in [0.2, 0.25) is 10.0 Å². The lowest BCUT2D eigenvalue weighted by atomic mass is 10.1. The van der Waals surface area contributed by atoms with Gasteiger partial charge < -0.3 is 15.0 Å². The van der Waals surface area contributed by atoms with Gasteiger partial charge in [0.1, 0.15) is 0 Å². The molecule has 1 fully saturated rings. The third-order valence-corrected chi connectivity index (χ3v) is 5.90. The van der Waals surface area contributed by atoms with Crippen molar-refractivity contribution in [2.45, 2.75) is 32.9 Å². The predicted octanol–water partition coefficient (Wildman–Crippen LogP) is 3.70. The lowest BCUT2D eigenvalue weighted by molar-refractivity contribution is -0.389. The molecule has 1 atom stereocenters. The lowest BCUT2D eigenvalue weighted by Gasteiger charge is -2.36. The molecule has 156 valence electrons. The summed E-state index contributed by atoms with van der Waals surface area (Å²) in [6.45, 7) is 6.76. The number of rotatable bonds is 6. The maximum atomic E-state index is 13.1. The summed E-state index contributed by atoms with van der Waals surface area (Å²) >= 11 is 12.5. The van der Waals surface area contributed by atoms with Crippen molar-refractivity contribution >= 4 is 34.9 Å². The Morgan fingerprint density at radius 2 is 1.86 bits per heavy atom. The Hall–Kier alpha value is -2.16. The van der Waals surface area contributed by atoms with Crippen LogP contribution in [0.4, 0.5) is 5.82 Å². The van der Waals surface area contributed by atoms with Crippen LogP contribution in [0.1, 0.15) is 30.6 Å². The molecular formula is C19H23Cl2N5O3. The van der Waals surface area contributed by atoms with Crippen LogP contribution >= 0.6 is 23.2 Å². The molecule has 1 aliphatic rings. The first-order valence-electron chi connectivity index (χ1n) is 9.46. The fourth-order valence-electron chi connectivity index (χ4n) is 3.57. The molecule has 0 aliphatic carbocycles. The Morgan fingerprint density at radius 1 is 1.24 bits per heavy atom. The fraction of sp³-hybridized carbons (Fsp3) is 0.474. The van der Waals surface area contributed by atoms with Gasteiger partial charge >= 0.3 is 5.82 Å². The second-order valence-corrected chi connectivity index (χ2v) is 7.89. The Morgan fingerprint density at radius 3 is 2.38 bits per heavy atom. The molecule has 1 unspecified atom stereocenters. The van der Waals surface area contributed by atoms with Gasteiger partial charge in [0.05, 0.1) is 16.9 Å². The van der Waals surface area contributed by atoms with E-state index in [4.69, 9.17) is 23.2 Å². The minimum atomic E-state index is -0.548. The number of halogens is 2. The van der Waals surface area contributed by atoms with E-state index in [-0.39, 0.29) is 11.7 Å². The van der Waals surface area contributed by atoms with Crippen molar-refractivity contribution in [3.8, 4) is 0 Å². The zero-order chi connectivity index (χ0) is 21.1. The third-order valence-electron chi connectivity index (χ3n) is 5.19. The molecule has 1 amide bonds. The first kappa shape index (κ1) is 21.5. The number of aromatic nitrogens is 2. The third kappa shape index (κ3) is 4.71. The molecule has 0 radical (unpaired) electrons. The number of piperazine rings is 1. The second kappa shape index (κ2) is 9.11. The van der Waals surface area contributed by atoms with Gasteiger partial charge in [-0.25, -0.2) is 0 Å². The fourth-order valence-corrected chi connectivity index (χ4v) is 4.09. The Kier molecular flexibility index (Phi) is 6.77. The molecule has 1 saturated heterocycles. The molecule has 1 aromatic heterocycles. The van der Waals surface area contributed by atoms with Crippen molar-refractivity contribution in [3.63, 3.8) is 0 Å². The zero-order valence-electron chi connectivity index (χ0n) is 16.3. The van der Waals surface area contributed by atoms with Crippen molar-refractivity contribution in [1.82, 2.24) is 19.6 Å². The van der Waals surface area contributed by atoms with E-state index >= 15 is 0 Å². The highest BCUT2D eigenvalue weighted by Gasteiger charge is 2.32. The first-order chi connectivity index (χ1) is 13.8. The topological polar surface area (TPSA) is 84.5 Å². The van der Waals surface area contributed by atoms with E-state index in [1.807, 2.05) is 25.1 Å². The standard InChI is InChI=1S/C19H23Cl2N5O3/c1-3-17(25-13(2)11-18(22-25)26(28)29)19(27)24-9-7-23(8-10-24)12-14-15(20)5-4-6-16(14)21/h4-6,11,17H,3,7-10,12H2,1-2H3. The zero-order valence-corrected chi connectivity index (χ0v) is 17.9. The first-order valence-corrected chi connectivity index (χ1v) is 10.2. The monoisotopic (exact) mass is 439 g/mol. The van der Waals surface area contributed by atoms with Crippen LogP contribution in [-0.4, -0.2) is 56.6 Å². The van der Waals surface area contributed by atoms with Gasteiger partial charge in [0.25, 0.3) is 0 Å². The molecule has 0 N–H and O–H groups in total. The number of carbonyl (C=O) groups is 1. The van der Waals surface area contributed by atoms with Crippen LogP contribution in [0.5, 0.6) is 0 Å². The largest absolute Gasteiger partial charge is 0.390 e. The van der Waals surface area contributed by atoms with Crippen LogP contribution < -0.4 is 0 Å². The highest BCUT2D eigenvalue weighted by Crippen LogP contribution is 2.26. The maximum Gasteiger partial charge on any atom is 0.390 e. The molecule has 1 aliphatic heterocycles. The average molecular weight is 440 g/mol. The lowest BCUT2D eigenvalue weighted by Crippen LogP contribution is -2.50. The summed E-state index contributed by atoms with van der Waals surface area (Å²) in [6.07, 6.45) is 0.508. The van der Waals surface area contributed by atoms with Crippen molar-refractivity contribution in [3.05, 3.63) is 55.7 Å². The van der Waals surface area contributed by atoms with Gasteiger partial charge in [-0.05, 0) is 30.4 Å². The van der Waals surface area contributed by atoms with E-state index < -0.39 is 11.0 Å². The summed E-state index contributed by atoms with van der Waals surface area (Å²) in [5, 5.41) is 16.3. The maximum absolute atomic E-state index is 13.1. The molecule has 10 heteroatoms. The average Bonchev–Trinajstić information content (AvgIpc) is 3.08. The van der Waals surface area contributed by atoms with Crippen LogP contribution in [0.15, 0.2) is 24.3 Å². The van der Waals surface area contributed by atoms with E-state index in [9.17, 15) is 14.9 Å². The van der Waals surface area contributed by atoms with Gasteiger partial charge in [0, 0.05) is 48.3 Å². The molecule has 8 nitrogen and oxygen atoms in total. The number of amides is 1. The number of nitro groups is 1. The quantitative estimate of drug-likeness (QED) is 0.505. The van der Waals surface area contributed by atoms with Gasteiger partial charge in [0.15, 0.2) is 6.04 Å². The van der Waals surface area contributed by atoms with E-state index in [0.717, 1.165) is 5.56 Å². The second-order valence-electron chi connectivity index (χ2n) is 7.07. The number of aryl methyl sites for hydroxylation is 1. The van der Waals surface area contributed by atoms with Crippen molar-refractivity contribution in [2.75, 3.05) is 26.2 Å². The summed E-state index contributed by atoms with van der Waals surface area (Å²) in [7, 11) is 0. The number of hydrogen-bond donors (Lipinski definition) is 0. The smallest absolute Gasteiger partial charge is 0.358 e. The molecule has 0 saturated carbocycles. The molecule has 0 bridgehead atoms. The molecular weight excluding hydrogens is 417 g/mol. The highest BCUT2D eigenvalue weighted by molar-refractivity contribution is 6.35. The van der Waals surface area contributed by atoms with Gasteiger partial charge in [-0.2, -0.15) is 4.68 Å². The Labute approximate surface area is 179 Å². The minimum absolute atomic E-state index is 0.0657. The summed E-state index contributed by atoms with van der Waals surface area (Å²) in [5.74, 6) is -0.306. The van der Waals surface area contributed by atoms with E-state index in [1.54, 1.807) is 11.8 Å². The van der Waals surface area contributed by atoms with Crippen molar-refractivity contribution in [1.29, 1.82) is 0 Å². The van der Waals surface area contributed by atoms with E-state index in [2.05, 4.69) is 10.00 Å². The van der Waals surface area contributed by atoms with Crippen molar-refractivity contribution < 1.29 is 9.72 Å². The van der Waals surface area contributed by atoms with Gasteiger partial charge in [-0.1, -0.05) is 36.2 Å². The van der Waals surface area contributed by atoms with E-state index in [0.29, 0.717) is 54.9 Å². The SMILES string of the molecule is CCC(C(=O)N1CCN(Cc2c(Cl)cccc2Cl)CC1)n1nc([N+](=O)[O-])cc1C. The van der Waals surface area contributed by atoms with E-state index in [1.165, 1.54) is 10.7 Å². The number of nitrogens with zero attached hydrogens (tertiary/aromatic N) is 5. The summed E-state index contributed by atoms with van der Waals surface area (Å²) in [4.78, 5) is 27.5. The number of hydrogen-bond acceptors (Lipinski definition) is 5. The normalized spacial score (nSPS) is 16.1. The predicted molar refractivity (Wildman–Crippen MR) is 111 cm³/mol. The Balaban J connectivity index is 1.65. The molecule has 2 heterocycles. The van der Waals surface area contributed by atoms with Gasteiger partial charge in [-0.3, -0.25) is 9.69 Å². The van der Waals surface area contributed by atoms with Gasteiger partial charge in [0.2, 0.25) is 5.91 Å². The molecule has 0 spiro atoms. The van der Waals surface area contributed by atoms with Crippen LogP contribution in [0, 0.1) is 17.0 Å². The highest BCUT2D eigenvalue weighted by atomic mass is 35.5. The minimum Gasteiger partial charge on any atom is -0.358 e. The summed E-state index contributed by atoms with van der Waals surface area (Å²) in [5.41, 5.74) is 1.49. The van der Waals surface area contributed by atoms with Crippen LogP contribution in [-0.2, 0) is 11.3 Å². The summed E-state index contributed by atoms with van der Waals surface area (Å²) < 4.78 is 1.47. The molecule has 1 aromatic carbocycles. The van der Waals surface area contributed by atoms with Crippen LogP contribution in [0.25, 0.3) is 0 Å². The molecule has 3 rings (SSSR count). The number of benzene rings is 1. The Bertz CT molecular complexity index is 889. The molecule has 29 heavy (non-hydrogen) atoms. The summed E-state index contributed by atoms with van der Waals surface area (Å²) in [6, 6.07) is 6.30. The van der Waals surface area contributed by atoms with Crippen molar-refractivity contribution in [2.24, 2.45) is 0 Å².